The Labute approximate surface area is 127 Å². The summed E-state index contributed by atoms with van der Waals surface area (Å²) in [5, 5.41) is 6.04. The predicted molar refractivity (Wildman–Crippen MR) is 85.6 cm³/mol. The van der Waals surface area contributed by atoms with Crippen molar-refractivity contribution >= 4 is 39.8 Å². The minimum Gasteiger partial charge on any atom is -0.383 e. The summed E-state index contributed by atoms with van der Waals surface area (Å²) in [5.74, 6) is 0.866. The monoisotopic (exact) mass is 393 g/mol. The van der Waals surface area contributed by atoms with Gasteiger partial charge in [0, 0.05) is 32.5 Å². The lowest BCUT2D eigenvalue weighted by Gasteiger charge is -2.17. The molecule has 0 fully saturated rings. The minimum atomic E-state index is -2.93. The molecule has 18 heavy (non-hydrogen) atoms. The van der Waals surface area contributed by atoms with Gasteiger partial charge in [-0.15, -0.1) is 24.0 Å². The lowest BCUT2D eigenvalue weighted by atomic mass is 10.4. The molecule has 0 radical (unpaired) electrons. The van der Waals surface area contributed by atoms with Gasteiger partial charge in [-0.05, 0) is 6.92 Å². The van der Waals surface area contributed by atoms with E-state index in [0.717, 1.165) is 0 Å². The van der Waals surface area contributed by atoms with E-state index in [1.807, 2.05) is 6.92 Å². The Morgan fingerprint density at radius 1 is 1.44 bits per heavy atom. The normalized spacial score (nSPS) is 13.7. The Balaban J connectivity index is 0. The molecule has 0 aliphatic carbocycles. The first-order valence-corrected chi connectivity index (χ1v) is 7.43. The van der Waals surface area contributed by atoms with E-state index < -0.39 is 9.84 Å². The van der Waals surface area contributed by atoms with Crippen molar-refractivity contribution in [1.29, 1.82) is 0 Å². The van der Waals surface area contributed by atoms with E-state index in [9.17, 15) is 8.42 Å². The molecule has 0 saturated heterocycles. The summed E-state index contributed by atoms with van der Waals surface area (Å²) in [6, 6.07) is 0.119. The maximum atomic E-state index is 11.3. The molecule has 6 nitrogen and oxygen atoms in total. The number of guanidine groups is 1. The highest BCUT2D eigenvalue weighted by atomic mass is 127. The summed E-state index contributed by atoms with van der Waals surface area (Å²) in [4.78, 5) is 4.00. The molecule has 0 aromatic heterocycles. The number of hydrogen-bond donors (Lipinski definition) is 2. The van der Waals surface area contributed by atoms with Gasteiger partial charge in [0.1, 0.15) is 0 Å². The molecule has 2 N–H and O–H groups in total. The second-order valence-electron chi connectivity index (χ2n) is 3.74. The Morgan fingerprint density at radius 2 is 2.06 bits per heavy atom. The van der Waals surface area contributed by atoms with Crippen LogP contribution in [0.5, 0.6) is 0 Å². The second-order valence-corrected chi connectivity index (χ2v) is 6.21. The third kappa shape index (κ3) is 9.89. The van der Waals surface area contributed by atoms with Gasteiger partial charge in [-0.25, -0.2) is 8.42 Å². The van der Waals surface area contributed by atoms with E-state index >= 15 is 0 Å². The van der Waals surface area contributed by atoms with Crippen LogP contribution in [0.1, 0.15) is 13.8 Å². The molecule has 110 valence electrons. The van der Waals surface area contributed by atoms with Gasteiger partial charge >= 0.3 is 0 Å². The van der Waals surface area contributed by atoms with Crippen LogP contribution in [-0.2, 0) is 14.6 Å². The van der Waals surface area contributed by atoms with Gasteiger partial charge in [-0.3, -0.25) is 4.99 Å². The van der Waals surface area contributed by atoms with Gasteiger partial charge in [0.15, 0.2) is 15.8 Å². The predicted octanol–water partition coefficient (Wildman–Crippen LogP) is 0.239. The summed E-state index contributed by atoms with van der Waals surface area (Å²) in [5.41, 5.74) is 0. The molecule has 0 spiro atoms. The molecular weight excluding hydrogens is 369 g/mol. The number of rotatable bonds is 7. The number of methoxy groups -OCH3 is 1. The van der Waals surface area contributed by atoms with E-state index in [1.165, 1.54) is 0 Å². The van der Waals surface area contributed by atoms with E-state index in [1.54, 1.807) is 21.1 Å². The first-order valence-electron chi connectivity index (χ1n) is 5.61. The first kappa shape index (κ1) is 20.2. The molecule has 0 rings (SSSR count). The Morgan fingerprint density at radius 3 is 2.50 bits per heavy atom. The van der Waals surface area contributed by atoms with E-state index in [-0.39, 0.29) is 41.5 Å². The fraction of sp³-hybridized carbons (Fsp3) is 0.900. The minimum absolute atomic E-state index is 0. The number of nitrogens with zero attached hydrogens (tertiary/aromatic N) is 1. The van der Waals surface area contributed by atoms with E-state index in [4.69, 9.17) is 4.74 Å². The van der Waals surface area contributed by atoms with Gasteiger partial charge in [0.2, 0.25) is 0 Å². The third-order valence-electron chi connectivity index (χ3n) is 2.17. The average Bonchev–Trinajstić information content (AvgIpc) is 2.28. The molecule has 0 amide bonds. The zero-order valence-corrected chi connectivity index (χ0v) is 14.5. The lowest BCUT2D eigenvalue weighted by molar-refractivity contribution is 0.179. The number of hydrogen-bond acceptors (Lipinski definition) is 4. The highest BCUT2D eigenvalue weighted by molar-refractivity contribution is 14.0. The molecular formula is C10H24IN3O3S. The largest absolute Gasteiger partial charge is 0.383 e. The molecule has 0 saturated carbocycles. The number of sulfone groups is 1. The zero-order valence-electron chi connectivity index (χ0n) is 11.4. The van der Waals surface area contributed by atoms with Crippen molar-refractivity contribution in [3.8, 4) is 0 Å². The van der Waals surface area contributed by atoms with Gasteiger partial charge in [-0.1, -0.05) is 6.92 Å². The number of ether oxygens (including phenoxy) is 1. The van der Waals surface area contributed by atoms with Crippen LogP contribution in [0.2, 0.25) is 0 Å². The Bertz CT molecular complexity index is 333. The Hall–Kier alpha value is -0.0900. The van der Waals surface area contributed by atoms with Crippen LogP contribution in [-0.4, -0.2) is 59.2 Å². The van der Waals surface area contributed by atoms with Crippen LogP contribution in [0.15, 0.2) is 4.99 Å². The summed E-state index contributed by atoms with van der Waals surface area (Å²) in [6.07, 6.45) is 0. The lowest BCUT2D eigenvalue weighted by Crippen LogP contribution is -2.45. The van der Waals surface area contributed by atoms with E-state index in [0.29, 0.717) is 19.1 Å². The van der Waals surface area contributed by atoms with Crippen LogP contribution < -0.4 is 10.6 Å². The maximum absolute atomic E-state index is 11.3. The van der Waals surface area contributed by atoms with E-state index in [2.05, 4.69) is 15.6 Å². The van der Waals surface area contributed by atoms with Crippen molar-refractivity contribution in [1.82, 2.24) is 10.6 Å². The molecule has 0 heterocycles. The van der Waals surface area contributed by atoms with Crippen molar-refractivity contribution in [2.75, 3.05) is 38.8 Å². The van der Waals surface area contributed by atoms with Crippen molar-refractivity contribution in [2.24, 2.45) is 4.99 Å². The van der Waals surface area contributed by atoms with Gasteiger partial charge in [0.25, 0.3) is 0 Å². The molecule has 1 atom stereocenters. The molecule has 0 aromatic rings. The summed E-state index contributed by atoms with van der Waals surface area (Å²) in [6.45, 7) is 4.52. The van der Waals surface area contributed by atoms with Crippen LogP contribution >= 0.6 is 24.0 Å². The van der Waals surface area contributed by atoms with Crippen LogP contribution in [0.25, 0.3) is 0 Å². The number of aliphatic imine (C=N–C) groups is 1. The van der Waals surface area contributed by atoms with Gasteiger partial charge < -0.3 is 15.4 Å². The fourth-order valence-corrected chi connectivity index (χ4v) is 1.89. The third-order valence-corrected chi connectivity index (χ3v) is 3.87. The van der Waals surface area contributed by atoms with Crippen molar-refractivity contribution in [2.45, 2.75) is 19.9 Å². The molecule has 0 bridgehead atoms. The molecule has 0 aliphatic rings. The molecule has 0 aliphatic heterocycles. The highest BCUT2D eigenvalue weighted by Crippen LogP contribution is 1.87. The second kappa shape index (κ2) is 10.8. The van der Waals surface area contributed by atoms with Crippen molar-refractivity contribution in [3.63, 3.8) is 0 Å². The topological polar surface area (TPSA) is 79.8 Å². The first-order chi connectivity index (χ1) is 7.95. The van der Waals surface area contributed by atoms with Gasteiger partial charge in [-0.2, -0.15) is 0 Å². The Kier molecular flexibility index (Phi) is 12.1. The summed E-state index contributed by atoms with van der Waals surface area (Å²) in [7, 11) is 0.337. The zero-order chi connectivity index (χ0) is 13.3. The van der Waals surface area contributed by atoms with Gasteiger partial charge in [0.05, 0.1) is 12.4 Å². The van der Waals surface area contributed by atoms with Crippen molar-refractivity contribution in [3.05, 3.63) is 0 Å². The van der Waals surface area contributed by atoms with Crippen molar-refractivity contribution < 1.29 is 13.2 Å². The smallest absolute Gasteiger partial charge is 0.191 e. The summed E-state index contributed by atoms with van der Waals surface area (Å²) < 4.78 is 27.5. The summed E-state index contributed by atoms with van der Waals surface area (Å²) >= 11 is 0. The maximum Gasteiger partial charge on any atom is 0.191 e. The SMILES string of the molecule is CCS(=O)(=O)CCNC(=NC)NC(C)COC.I. The quantitative estimate of drug-likeness (QED) is 0.368. The standard InChI is InChI=1S/C10H23N3O3S.HI/c1-5-17(14,15)7-6-12-10(11-3)13-9(2)8-16-4;/h9H,5-8H2,1-4H3,(H2,11,12,13);1H. The number of halogens is 1. The van der Waals surface area contributed by atoms with Crippen LogP contribution in [0.4, 0.5) is 0 Å². The fourth-order valence-electron chi connectivity index (χ4n) is 1.19. The number of nitrogens with one attached hydrogen (secondary N) is 2. The highest BCUT2D eigenvalue weighted by Gasteiger charge is 2.08. The van der Waals surface area contributed by atoms with Crippen LogP contribution in [0, 0.1) is 0 Å². The average molecular weight is 393 g/mol. The molecule has 0 aromatic carbocycles. The molecule has 1 unspecified atom stereocenters. The van der Waals surface area contributed by atoms with Crippen LogP contribution in [0.3, 0.4) is 0 Å². The molecule has 8 heteroatoms.